The van der Waals surface area contributed by atoms with Crippen LogP contribution in [0.3, 0.4) is 0 Å². The van der Waals surface area contributed by atoms with Gasteiger partial charge in [-0.3, -0.25) is 0 Å². The molecule has 2 N–H and O–H groups in total. The lowest BCUT2D eigenvalue weighted by molar-refractivity contribution is 0.407. The van der Waals surface area contributed by atoms with Crippen LogP contribution in [0.2, 0.25) is 0 Å². The van der Waals surface area contributed by atoms with Crippen LogP contribution in [0.5, 0.6) is 11.5 Å². The number of rotatable bonds is 4. The second-order valence-electron chi connectivity index (χ2n) is 3.30. The second-order valence-corrected chi connectivity index (χ2v) is 3.30. The molecule has 0 saturated carbocycles. The van der Waals surface area contributed by atoms with E-state index in [1.807, 2.05) is 20.0 Å². The lowest BCUT2D eigenvalue weighted by atomic mass is 10.1. The van der Waals surface area contributed by atoms with Gasteiger partial charge in [-0.2, -0.15) is 0 Å². The number of methoxy groups -OCH3 is 1. The molecule has 78 valence electrons. The zero-order valence-electron chi connectivity index (χ0n) is 8.92. The van der Waals surface area contributed by atoms with E-state index in [-0.39, 0.29) is 0 Å². The Labute approximate surface area is 84.7 Å². The maximum atomic E-state index is 9.65. The third-order valence-electron chi connectivity index (χ3n) is 2.24. The van der Waals surface area contributed by atoms with Crippen molar-refractivity contribution in [1.82, 2.24) is 5.32 Å². The number of benzene rings is 1. The number of ether oxygens (including phenoxy) is 1. The van der Waals surface area contributed by atoms with Crippen molar-refractivity contribution in [2.24, 2.45) is 0 Å². The molecule has 0 aliphatic rings. The Hall–Kier alpha value is -1.22. The van der Waals surface area contributed by atoms with E-state index in [9.17, 15) is 5.11 Å². The predicted octanol–water partition coefficient (Wildman–Crippen LogP) is 1.47. The molecule has 0 atom stereocenters. The van der Waals surface area contributed by atoms with Gasteiger partial charge in [-0.1, -0.05) is 0 Å². The number of phenols is 1. The number of hydrogen-bond acceptors (Lipinski definition) is 3. The van der Waals surface area contributed by atoms with Crippen molar-refractivity contribution in [1.29, 1.82) is 0 Å². The van der Waals surface area contributed by atoms with Crippen LogP contribution < -0.4 is 10.1 Å². The molecule has 0 spiro atoms. The van der Waals surface area contributed by atoms with Crippen LogP contribution in [0.25, 0.3) is 0 Å². The van der Waals surface area contributed by atoms with E-state index in [2.05, 4.69) is 5.32 Å². The Bertz CT molecular complexity index is 310. The molecular weight excluding hydrogens is 178 g/mol. The first-order chi connectivity index (χ1) is 6.69. The maximum absolute atomic E-state index is 9.65. The van der Waals surface area contributed by atoms with Crippen molar-refractivity contribution in [2.75, 3.05) is 20.7 Å². The zero-order valence-corrected chi connectivity index (χ0v) is 8.92. The number of aromatic hydroxyl groups is 1. The quantitative estimate of drug-likeness (QED) is 0.764. The topological polar surface area (TPSA) is 41.5 Å². The lowest BCUT2D eigenvalue weighted by Gasteiger charge is -2.09. The average Bonchev–Trinajstić information content (AvgIpc) is 2.17. The largest absolute Gasteiger partial charge is 0.508 e. The number of hydrogen-bond donors (Lipinski definition) is 2. The van der Waals surface area contributed by atoms with Gasteiger partial charge < -0.3 is 15.2 Å². The van der Waals surface area contributed by atoms with Gasteiger partial charge in [0.1, 0.15) is 11.5 Å². The summed E-state index contributed by atoms with van der Waals surface area (Å²) in [6, 6.07) is 3.63. The average molecular weight is 195 g/mol. The highest BCUT2D eigenvalue weighted by molar-refractivity contribution is 5.45. The van der Waals surface area contributed by atoms with Gasteiger partial charge in [-0.25, -0.2) is 0 Å². The molecule has 14 heavy (non-hydrogen) atoms. The van der Waals surface area contributed by atoms with Crippen molar-refractivity contribution >= 4 is 0 Å². The molecule has 0 saturated heterocycles. The smallest absolute Gasteiger partial charge is 0.122 e. The summed E-state index contributed by atoms with van der Waals surface area (Å²) < 4.78 is 5.19. The summed E-state index contributed by atoms with van der Waals surface area (Å²) >= 11 is 0. The molecule has 3 heteroatoms. The first-order valence-electron chi connectivity index (χ1n) is 4.70. The second kappa shape index (κ2) is 4.86. The Morgan fingerprint density at radius 3 is 2.71 bits per heavy atom. The van der Waals surface area contributed by atoms with Crippen molar-refractivity contribution < 1.29 is 9.84 Å². The highest BCUT2D eigenvalue weighted by atomic mass is 16.5. The maximum Gasteiger partial charge on any atom is 0.122 e. The minimum absolute atomic E-state index is 0.346. The van der Waals surface area contributed by atoms with Crippen LogP contribution in [0.15, 0.2) is 12.1 Å². The monoisotopic (exact) mass is 195 g/mol. The highest BCUT2D eigenvalue weighted by Crippen LogP contribution is 2.27. The number of aryl methyl sites for hydroxylation is 1. The molecular formula is C11H17NO2. The Balaban J connectivity index is 2.92. The van der Waals surface area contributed by atoms with Gasteiger partial charge in [0.25, 0.3) is 0 Å². The van der Waals surface area contributed by atoms with E-state index in [0.717, 1.165) is 29.8 Å². The third-order valence-corrected chi connectivity index (χ3v) is 2.24. The van der Waals surface area contributed by atoms with E-state index in [1.165, 1.54) is 0 Å². The van der Waals surface area contributed by atoms with Crippen molar-refractivity contribution in [3.05, 3.63) is 23.3 Å². The predicted molar refractivity (Wildman–Crippen MR) is 57.0 cm³/mol. The fourth-order valence-corrected chi connectivity index (χ4v) is 1.39. The van der Waals surface area contributed by atoms with Crippen LogP contribution in [-0.2, 0) is 6.42 Å². The zero-order chi connectivity index (χ0) is 10.6. The first-order valence-corrected chi connectivity index (χ1v) is 4.70. The number of likely N-dealkylation sites (N-methyl/N-ethyl adjacent to an activating group) is 1. The standard InChI is InChI=1S/C11H17NO2/c1-8-6-10(13)9(4-5-12-2)7-11(8)14-3/h6-7,12-13H,4-5H2,1-3H3. The van der Waals surface area contributed by atoms with E-state index in [4.69, 9.17) is 4.74 Å². The fraction of sp³-hybridized carbons (Fsp3) is 0.455. The molecule has 0 radical (unpaired) electrons. The minimum Gasteiger partial charge on any atom is -0.508 e. The van der Waals surface area contributed by atoms with E-state index >= 15 is 0 Å². The first kappa shape index (κ1) is 10.9. The summed E-state index contributed by atoms with van der Waals surface area (Å²) in [5.41, 5.74) is 1.88. The Kier molecular flexibility index (Phi) is 3.77. The van der Waals surface area contributed by atoms with Crippen LogP contribution in [0, 0.1) is 6.92 Å². The van der Waals surface area contributed by atoms with Gasteiger partial charge in [0.15, 0.2) is 0 Å². The SMILES string of the molecule is CNCCc1cc(OC)c(C)cc1O. The van der Waals surface area contributed by atoms with Gasteiger partial charge in [-0.15, -0.1) is 0 Å². The lowest BCUT2D eigenvalue weighted by Crippen LogP contribution is -2.10. The van der Waals surface area contributed by atoms with Gasteiger partial charge in [0.2, 0.25) is 0 Å². The molecule has 1 aromatic rings. The van der Waals surface area contributed by atoms with Crippen LogP contribution >= 0.6 is 0 Å². The molecule has 0 fully saturated rings. The van der Waals surface area contributed by atoms with Crippen LogP contribution in [-0.4, -0.2) is 25.8 Å². The van der Waals surface area contributed by atoms with Crippen LogP contribution in [0.4, 0.5) is 0 Å². The molecule has 0 aliphatic carbocycles. The molecule has 1 aromatic carbocycles. The fourth-order valence-electron chi connectivity index (χ4n) is 1.39. The minimum atomic E-state index is 0.346. The third kappa shape index (κ3) is 2.39. The normalized spacial score (nSPS) is 10.2. The number of phenolic OH excluding ortho intramolecular Hbond substituents is 1. The molecule has 1 rings (SSSR count). The summed E-state index contributed by atoms with van der Waals surface area (Å²) in [5, 5.41) is 12.7. The van der Waals surface area contributed by atoms with Crippen molar-refractivity contribution in [2.45, 2.75) is 13.3 Å². The Morgan fingerprint density at radius 2 is 2.14 bits per heavy atom. The van der Waals surface area contributed by atoms with Crippen molar-refractivity contribution in [3.8, 4) is 11.5 Å². The highest BCUT2D eigenvalue weighted by Gasteiger charge is 2.06. The molecule has 0 amide bonds. The van der Waals surface area contributed by atoms with Gasteiger partial charge in [-0.05, 0) is 50.2 Å². The summed E-state index contributed by atoms with van der Waals surface area (Å²) in [5.74, 6) is 1.17. The van der Waals surface area contributed by atoms with Crippen molar-refractivity contribution in [3.63, 3.8) is 0 Å². The summed E-state index contributed by atoms with van der Waals surface area (Å²) in [4.78, 5) is 0. The summed E-state index contributed by atoms with van der Waals surface area (Å²) in [6.07, 6.45) is 0.805. The van der Waals surface area contributed by atoms with E-state index < -0.39 is 0 Å². The van der Waals surface area contributed by atoms with E-state index in [1.54, 1.807) is 13.2 Å². The summed E-state index contributed by atoms with van der Waals surface area (Å²) in [7, 11) is 3.53. The Morgan fingerprint density at radius 1 is 1.43 bits per heavy atom. The molecule has 0 aliphatic heterocycles. The molecule has 0 aromatic heterocycles. The molecule has 3 nitrogen and oxygen atoms in total. The molecule has 0 unspecified atom stereocenters. The van der Waals surface area contributed by atoms with Gasteiger partial charge >= 0.3 is 0 Å². The molecule has 0 bridgehead atoms. The van der Waals surface area contributed by atoms with Gasteiger partial charge in [0.05, 0.1) is 7.11 Å². The van der Waals surface area contributed by atoms with Gasteiger partial charge in [0, 0.05) is 0 Å². The van der Waals surface area contributed by atoms with Crippen LogP contribution in [0.1, 0.15) is 11.1 Å². The molecule has 0 heterocycles. The van der Waals surface area contributed by atoms with E-state index in [0.29, 0.717) is 5.75 Å². The number of nitrogens with one attached hydrogen (secondary N) is 1. The summed E-state index contributed by atoms with van der Waals surface area (Å²) in [6.45, 7) is 2.76.